The van der Waals surface area contributed by atoms with Crippen LogP contribution in [0.1, 0.15) is 19.4 Å². The summed E-state index contributed by atoms with van der Waals surface area (Å²) in [5.74, 6) is -1.13. The van der Waals surface area contributed by atoms with Crippen LogP contribution in [0.15, 0.2) is 10.5 Å². The second-order valence-corrected chi connectivity index (χ2v) is 5.90. The fraction of sp³-hybridized carbons (Fsp3) is 0.462. The number of hydrogen-bond donors (Lipinski definition) is 1. The van der Waals surface area contributed by atoms with Crippen molar-refractivity contribution in [2.75, 3.05) is 13.2 Å². The Morgan fingerprint density at radius 1 is 1.47 bits per heavy atom. The summed E-state index contributed by atoms with van der Waals surface area (Å²) >= 11 is 3.26. The first-order valence-electron chi connectivity index (χ1n) is 5.83. The molecule has 1 N–H and O–H groups in total. The number of carbonyl (C=O) groups is 1. The molecular weight excluding hydrogens is 319 g/mol. The van der Waals surface area contributed by atoms with Gasteiger partial charge in [-0.2, -0.15) is 0 Å². The van der Waals surface area contributed by atoms with Gasteiger partial charge in [0.05, 0.1) is 5.41 Å². The number of halogens is 2. The van der Waals surface area contributed by atoms with E-state index < -0.39 is 17.2 Å². The van der Waals surface area contributed by atoms with Crippen molar-refractivity contribution in [1.29, 1.82) is 0 Å². The van der Waals surface area contributed by atoms with Gasteiger partial charge in [-0.1, -0.05) is 15.9 Å². The summed E-state index contributed by atoms with van der Waals surface area (Å²) in [5, 5.41) is 9.13. The SMILES string of the molecule is CC(C)(Cc1c(Br)cc2c(c1F)OCCO2)C(=O)O. The molecule has 1 aliphatic rings. The van der Waals surface area contributed by atoms with Crippen LogP contribution in [0, 0.1) is 11.2 Å². The van der Waals surface area contributed by atoms with E-state index in [1.54, 1.807) is 19.9 Å². The highest BCUT2D eigenvalue weighted by Crippen LogP contribution is 2.41. The number of ether oxygens (including phenoxy) is 2. The molecule has 0 spiro atoms. The third-order valence-electron chi connectivity index (χ3n) is 3.02. The van der Waals surface area contributed by atoms with Crippen LogP contribution in [0.2, 0.25) is 0 Å². The van der Waals surface area contributed by atoms with E-state index in [2.05, 4.69) is 15.9 Å². The highest BCUT2D eigenvalue weighted by molar-refractivity contribution is 9.10. The second kappa shape index (κ2) is 5.00. The molecule has 19 heavy (non-hydrogen) atoms. The van der Waals surface area contributed by atoms with Crippen molar-refractivity contribution in [3.8, 4) is 11.5 Å². The molecule has 0 amide bonds. The maximum absolute atomic E-state index is 14.4. The van der Waals surface area contributed by atoms with Crippen molar-refractivity contribution < 1.29 is 23.8 Å². The largest absolute Gasteiger partial charge is 0.486 e. The summed E-state index contributed by atoms with van der Waals surface area (Å²) in [4.78, 5) is 11.1. The summed E-state index contributed by atoms with van der Waals surface area (Å²) in [6.45, 7) is 3.77. The van der Waals surface area contributed by atoms with Gasteiger partial charge in [-0.05, 0) is 26.3 Å². The molecule has 0 aromatic heterocycles. The molecule has 104 valence electrons. The average Bonchev–Trinajstić information content (AvgIpc) is 2.34. The van der Waals surface area contributed by atoms with Gasteiger partial charge in [0.1, 0.15) is 13.2 Å². The average molecular weight is 333 g/mol. The van der Waals surface area contributed by atoms with Gasteiger partial charge in [-0.25, -0.2) is 4.39 Å². The van der Waals surface area contributed by atoms with E-state index in [4.69, 9.17) is 14.6 Å². The van der Waals surface area contributed by atoms with Crippen molar-refractivity contribution >= 4 is 21.9 Å². The lowest BCUT2D eigenvalue weighted by atomic mass is 9.85. The van der Waals surface area contributed by atoms with Gasteiger partial charge in [-0.15, -0.1) is 0 Å². The molecule has 6 heteroatoms. The first-order chi connectivity index (χ1) is 8.83. The van der Waals surface area contributed by atoms with Crippen molar-refractivity contribution in [3.05, 3.63) is 21.9 Å². The van der Waals surface area contributed by atoms with Crippen molar-refractivity contribution in [2.24, 2.45) is 5.41 Å². The molecule has 0 aliphatic carbocycles. The molecule has 0 bridgehead atoms. The Balaban J connectivity index is 2.44. The molecule has 1 aromatic rings. The third kappa shape index (κ3) is 2.68. The van der Waals surface area contributed by atoms with Gasteiger partial charge in [0.15, 0.2) is 17.3 Å². The van der Waals surface area contributed by atoms with Crippen LogP contribution in [0.25, 0.3) is 0 Å². The molecule has 0 radical (unpaired) electrons. The molecule has 0 atom stereocenters. The van der Waals surface area contributed by atoms with Crippen LogP contribution >= 0.6 is 15.9 Å². The Hall–Kier alpha value is -1.30. The van der Waals surface area contributed by atoms with E-state index >= 15 is 0 Å². The Morgan fingerprint density at radius 2 is 2.11 bits per heavy atom. The number of carboxylic acids is 1. The van der Waals surface area contributed by atoms with E-state index in [9.17, 15) is 9.18 Å². The lowest BCUT2D eigenvalue weighted by molar-refractivity contribution is -0.146. The van der Waals surface area contributed by atoms with Crippen LogP contribution in [0.4, 0.5) is 4.39 Å². The third-order valence-corrected chi connectivity index (χ3v) is 3.73. The van der Waals surface area contributed by atoms with E-state index in [0.717, 1.165) is 0 Å². The molecule has 0 saturated carbocycles. The molecule has 0 fully saturated rings. The van der Waals surface area contributed by atoms with Crippen molar-refractivity contribution in [3.63, 3.8) is 0 Å². The van der Waals surface area contributed by atoms with Crippen LogP contribution in [-0.2, 0) is 11.2 Å². The van der Waals surface area contributed by atoms with Crippen LogP contribution in [-0.4, -0.2) is 24.3 Å². The Bertz CT molecular complexity index is 528. The van der Waals surface area contributed by atoms with Gasteiger partial charge < -0.3 is 14.6 Å². The number of aliphatic carboxylic acids is 1. The van der Waals surface area contributed by atoms with Gasteiger partial charge in [0, 0.05) is 10.0 Å². The summed E-state index contributed by atoms with van der Waals surface area (Å²) in [6, 6.07) is 1.62. The standard InChI is InChI=1S/C13H14BrFO4/c1-13(2,12(16)17)6-7-8(14)5-9-11(10(7)15)19-4-3-18-9/h5H,3-4,6H2,1-2H3,(H,16,17). The molecule has 4 nitrogen and oxygen atoms in total. The fourth-order valence-corrected chi connectivity index (χ4v) is 2.36. The number of carboxylic acid groups (broad SMARTS) is 1. The summed E-state index contributed by atoms with van der Waals surface area (Å²) in [7, 11) is 0. The quantitative estimate of drug-likeness (QED) is 0.924. The maximum atomic E-state index is 14.4. The van der Waals surface area contributed by atoms with Gasteiger partial charge in [-0.3, -0.25) is 4.79 Å². The van der Waals surface area contributed by atoms with Gasteiger partial charge in [0.25, 0.3) is 0 Å². The smallest absolute Gasteiger partial charge is 0.309 e. The summed E-state index contributed by atoms with van der Waals surface area (Å²) in [6.07, 6.45) is 0.0609. The minimum Gasteiger partial charge on any atom is -0.486 e. The fourth-order valence-electron chi connectivity index (χ4n) is 1.83. The molecule has 1 aromatic carbocycles. The Morgan fingerprint density at radius 3 is 2.74 bits per heavy atom. The number of hydrogen-bond acceptors (Lipinski definition) is 3. The zero-order chi connectivity index (χ0) is 14.2. The number of benzene rings is 1. The molecule has 2 rings (SSSR count). The van der Waals surface area contributed by atoms with Crippen molar-refractivity contribution in [2.45, 2.75) is 20.3 Å². The lowest BCUT2D eigenvalue weighted by Gasteiger charge is -2.24. The van der Waals surface area contributed by atoms with E-state index in [1.165, 1.54) is 0 Å². The predicted octanol–water partition coefficient (Wildman–Crippen LogP) is 3.01. The highest BCUT2D eigenvalue weighted by Gasteiger charge is 2.32. The minimum absolute atomic E-state index is 0.0608. The lowest BCUT2D eigenvalue weighted by Crippen LogP contribution is -2.27. The maximum Gasteiger partial charge on any atom is 0.309 e. The number of rotatable bonds is 3. The first kappa shape index (κ1) is 14.1. The molecule has 1 aliphatic heterocycles. The predicted molar refractivity (Wildman–Crippen MR) is 70.2 cm³/mol. The second-order valence-electron chi connectivity index (χ2n) is 5.04. The zero-order valence-electron chi connectivity index (χ0n) is 10.6. The van der Waals surface area contributed by atoms with Crippen LogP contribution < -0.4 is 9.47 Å². The Labute approximate surface area is 118 Å². The van der Waals surface area contributed by atoms with Gasteiger partial charge in [0.2, 0.25) is 0 Å². The highest BCUT2D eigenvalue weighted by atomic mass is 79.9. The molecule has 1 heterocycles. The van der Waals surface area contributed by atoms with Crippen LogP contribution in [0.5, 0.6) is 11.5 Å². The number of fused-ring (bicyclic) bond motifs is 1. The first-order valence-corrected chi connectivity index (χ1v) is 6.62. The molecular formula is C13H14BrFO4. The zero-order valence-corrected chi connectivity index (χ0v) is 12.2. The topological polar surface area (TPSA) is 55.8 Å². The van der Waals surface area contributed by atoms with E-state index in [1.807, 2.05) is 0 Å². The summed E-state index contributed by atoms with van der Waals surface area (Å²) in [5.41, 5.74) is -0.774. The van der Waals surface area contributed by atoms with Gasteiger partial charge >= 0.3 is 5.97 Å². The molecule has 0 unspecified atom stereocenters. The molecule has 0 saturated heterocycles. The monoisotopic (exact) mass is 332 g/mol. The normalized spacial score (nSPS) is 14.3. The Kier molecular flexibility index (Phi) is 3.71. The minimum atomic E-state index is -1.06. The van der Waals surface area contributed by atoms with E-state index in [0.29, 0.717) is 16.8 Å². The summed E-state index contributed by atoms with van der Waals surface area (Å²) < 4.78 is 25.4. The van der Waals surface area contributed by atoms with Crippen molar-refractivity contribution in [1.82, 2.24) is 0 Å². The van der Waals surface area contributed by atoms with E-state index in [-0.39, 0.29) is 24.3 Å². The van der Waals surface area contributed by atoms with Crippen LogP contribution in [0.3, 0.4) is 0 Å².